The third kappa shape index (κ3) is 1.69. The molecule has 2 N–H and O–H groups in total. The smallest absolute Gasteiger partial charge is 0.238 e. The number of hydrogen-bond acceptors (Lipinski definition) is 3. The van der Waals surface area contributed by atoms with E-state index in [2.05, 4.69) is 4.99 Å². The van der Waals surface area contributed by atoms with E-state index in [0.717, 1.165) is 24.1 Å². The quantitative estimate of drug-likeness (QED) is 0.750. The average Bonchev–Trinajstić information content (AvgIpc) is 2.16. The van der Waals surface area contributed by atoms with Gasteiger partial charge in [0.1, 0.15) is 0 Å². The monoisotopic (exact) mass is 210 g/mol. The van der Waals surface area contributed by atoms with Gasteiger partial charge in [0.05, 0.1) is 10.6 Å². The van der Waals surface area contributed by atoms with Crippen LogP contribution >= 0.6 is 0 Å². The molecule has 1 heterocycles. The van der Waals surface area contributed by atoms with Crippen LogP contribution in [-0.2, 0) is 16.4 Å². The number of hydrogen-bond donors (Lipinski definition) is 1. The molecule has 2 rings (SSSR count). The maximum atomic E-state index is 11.1. The van der Waals surface area contributed by atoms with E-state index in [0.29, 0.717) is 0 Å². The highest BCUT2D eigenvalue weighted by molar-refractivity contribution is 7.89. The molecule has 14 heavy (non-hydrogen) atoms. The molecule has 0 aliphatic carbocycles. The van der Waals surface area contributed by atoms with Gasteiger partial charge in [0.2, 0.25) is 10.0 Å². The summed E-state index contributed by atoms with van der Waals surface area (Å²) in [5.41, 5.74) is 1.78. The van der Waals surface area contributed by atoms with Gasteiger partial charge in [-0.25, -0.2) is 13.6 Å². The third-order valence-corrected chi connectivity index (χ3v) is 3.06. The Hall–Kier alpha value is -1.20. The summed E-state index contributed by atoms with van der Waals surface area (Å²) >= 11 is 0. The second-order valence-corrected chi connectivity index (χ2v) is 4.75. The number of sulfonamides is 1. The van der Waals surface area contributed by atoms with Crippen molar-refractivity contribution in [1.29, 1.82) is 0 Å². The lowest BCUT2D eigenvalue weighted by Crippen LogP contribution is -2.12. The zero-order valence-electron chi connectivity index (χ0n) is 7.47. The predicted octanol–water partition coefficient (Wildman–Crippen LogP) is 0.983. The maximum absolute atomic E-state index is 11.1. The Kier molecular flexibility index (Phi) is 2.13. The number of nitrogens with zero attached hydrogens (tertiary/aromatic N) is 1. The lowest BCUT2D eigenvalue weighted by atomic mass is 10.1. The highest BCUT2D eigenvalue weighted by Gasteiger charge is 2.12. The van der Waals surface area contributed by atoms with Crippen LogP contribution < -0.4 is 5.14 Å². The Bertz CT molecular complexity index is 492. The van der Waals surface area contributed by atoms with Crippen molar-refractivity contribution in [3.05, 3.63) is 23.8 Å². The summed E-state index contributed by atoms with van der Waals surface area (Å²) in [6, 6.07) is 4.77. The van der Waals surface area contributed by atoms with E-state index < -0.39 is 10.0 Å². The van der Waals surface area contributed by atoms with E-state index in [-0.39, 0.29) is 4.90 Å². The van der Waals surface area contributed by atoms with E-state index >= 15 is 0 Å². The number of aryl methyl sites for hydroxylation is 1. The van der Waals surface area contributed by atoms with E-state index in [1.54, 1.807) is 12.1 Å². The zero-order valence-corrected chi connectivity index (χ0v) is 8.29. The van der Waals surface area contributed by atoms with Crippen LogP contribution in [0.2, 0.25) is 0 Å². The molecule has 0 saturated heterocycles. The number of primary sulfonamides is 1. The minimum absolute atomic E-state index is 0.161. The van der Waals surface area contributed by atoms with Crippen LogP contribution in [0.5, 0.6) is 0 Å². The average molecular weight is 210 g/mol. The van der Waals surface area contributed by atoms with Crippen molar-refractivity contribution in [3.8, 4) is 0 Å². The number of fused-ring (bicyclic) bond motifs is 1. The molecule has 1 aromatic rings. The number of aliphatic imine (C=N–C) groups is 1. The maximum Gasteiger partial charge on any atom is 0.238 e. The summed E-state index contributed by atoms with van der Waals surface area (Å²) in [6.45, 7) is 0. The standard InChI is InChI=1S/C9H10N2O2S/c10-14(12,13)8-3-4-9-7(6-8)2-1-5-11-9/h3-6H,1-2H2,(H2,10,12,13). The second kappa shape index (κ2) is 3.18. The molecule has 5 heteroatoms. The van der Waals surface area contributed by atoms with E-state index in [1.807, 2.05) is 6.21 Å². The molecule has 0 aromatic heterocycles. The summed E-state index contributed by atoms with van der Waals surface area (Å²) in [5, 5.41) is 5.02. The molecular weight excluding hydrogens is 200 g/mol. The number of rotatable bonds is 1. The fraction of sp³-hybridized carbons (Fsp3) is 0.222. The first-order valence-corrected chi connectivity index (χ1v) is 5.80. The van der Waals surface area contributed by atoms with Gasteiger partial charge in [0.15, 0.2) is 0 Å². The molecule has 0 unspecified atom stereocenters. The van der Waals surface area contributed by atoms with Crippen LogP contribution in [0.3, 0.4) is 0 Å². The summed E-state index contributed by atoms with van der Waals surface area (Å²) in [6.07, 6.45) is 3.50. The van der Waals surface area contributed by atoms with Crippen molar-refractivity contribution < 1.29 is 8.42 Å². The van der Waals surface area contributed by atoms with E-state index in [4.69, 9.17) is 5.14 Å². The first-order chi connectivity index (χ1) is 6.57. The largest absolute Gasteiger partial charge is 0.261 e. The minimum atomic E-state index is -3.59. The topological polar surface area (TPSA) is 72.5 Å². The van der Waals surface area contributed by atoms with Crippen molar-refractivity contribution in [1.82, 2.24) is 0 Å². The van der Waals surface area contributed by atoms with E-state index in [9.17, 15) is 8.42 Å². The van der Waals surface area contributed by atoms with Gasteiger partial charge in [-0.05, 0) is 36.6 Å². The lowest BCUT2D eigenvalue weighted by molar-refractivity contribution is 0.597. The summed E-state index contributed by atoms with van der Waals surface area (Å²) < 4.78 is 22.1. The minimum Gasteiger partial charge on any atom is -0.261 e. The fourth-order valence-corrected chi connectivity index (χ4v) is 2.01. The molecule has 0 amide bonds. The molecule has 1 aliphatic rings. The van der Waals surface area contributed by atoms with Crippen LogP contribution in [0.1, 0.15) is 12.0 Å². The highest BCUT2D eigenvalue weighted by Crippen LogP contribution is 2.25. The third-order valence-electron chi connectivity index (χ3n) is 2.15. The Balaban J connectivity index is 2.55. The zero-order chi connectivity index (χ0) is 10.2. The van der Waals surface area contributed by atoms with Crippen molar-refractivity contribution in [3.63, 3.8) is 0 Å². The normalized spacial score (nSPS) is 15.2. The Labute approximate surface area is 82.5 Å². The SMILES string of the molecule is NS(=O)(=O)c1ccc2c(c1)CCC=N2. The molecule has 1 aromatic carbocycles. The van der Waals surface area contributed by atoms with Gasteiger partial charge >= 0.3 is 0 Å². The highest BCUT2D eigenvalue weighted by atomic mass is 32.2. The van der Waals surface area contributed by atoms with Gasteiger partial charge in [-0.3, -0.25) is 4.99 Å². The Morgan fingerprint density at radius 1 is 1.36 bits per heavy atom. The van der Waals surface area contributed by atoms with Crippen molar-refractivity contribution in [2.45, 2.75) is 17.7 Å². The first-order valence-electron chi connectivity index (χ1n) is 4.25. The Morgan fingerprint density at radius 2 is 2.14 bits per heavy atom. The van der Waals surface area contributed by atoms with Gasteiger partial charge < -0.3 is 0 Å². The molecular formula is C9H10N2O2S. The lowest BCUT2D eigenvalue weighted by Gasteiger charge is -2.10. The van der Waals surface area contributed by atoms with Gasteiger partial charge in [0.25, 0.3) is 0 Å². The van der Waals surface area contributed by atoms with Crippen molar-refractivity contribution in [2.24, 2.45) is 10.1 Å². The molecule has 74 valence electrons. The summed E-state index contributed by atoms with van der Waals surface area (Å²) in [4.78, 5) is 4.32. The number of nitrogens with two attached hydrogens (primary N) is 1. The van der Waals surface area contributed by atoms with Crippen LogP contribution in [-0.4, -0.2) is 14.6 Å². The first kappa shape index (κ1) is 9.36. The van der Waals surface area contributed by atoms with Crippen LogP contribution in [0, 0.1) is 0 Å². The molecule has 0 saturated carbocycles. The molecule has 0 radical (unpaired) electrons. The van der Waals surface area contributed by atoms with Gasteiger partial charge in [-0.2, -0.15) is 0 Å². The van der Waals surface area contributed by atoms with Gasteiger partial charge in [0, 0.05) is 6.21 Å². The predicted molar refractivity (Wildman–Crippen MR) is 54.3 cm³/mol. The molecule has 0 spiro atoms. The summed E-state index contributed by atoms with van der Waals surface area (Å²) in [5.74, 6) is 0. The van der Waals surface area contributed by atoms with Crippen molar-refractivity contribution >= 4 is 21.9 Å². The van der Waals surface area contributed by atoms with Crippen LogP contribution in [0.25, 0.3) is 0 Å². The fourth-order valence-electron chi connectivity index (χ4n) is 1.45. The molecule has 1 aliphatic heterocycles. The molecule has 4 nitrogen and oxygen atoms in total. The molecule has 0 atom stereocenters. The van der Waals surface area contributed by atoms with Crippen molar-refractivity contribution in [2.75, 3.05) is 0 Å². The summed E-state index contributed by atoms with van der Waals surface area (Å²) in [7, 11) is -3.59. The van der Waals surface area contributed by atoms with Gasteiger partial charge in [-0.1, -0.05) is 0 Å². The number of benzene rings is 1. The Morgan fingerprint density at radius 3 is 2.86 bits per heavy atom. The molecule has 0 bridgehead atoms. The van der Waals surface area contributed by atoms with Crippen LogP contribution in [0.15, 0.2) is 28.1 Å². The van der Waals surface area contributed by atoms with Crippen LogP contribution in [0.4, 0.5) is 5.69 Å². The van der Waals surface area contributed by atoms with Gasteiger partial charge in [-0.15, -0.1) is 0 Å². The van der Waals surface area contributed by atoms with E-state index in [1.165, 1.54) is 6.07 Å². The second-order valence-electron chi connectivity index (χ2n) is 3.19. The molecule has 0 fully saturated rings.